The number of nitrogens with zero attached hydrogens (tertiary/aromatic N) is 4. The quantitative estimate of drug-likeness (QED) is 0.737. The molecule has 5 nitrogen and oxygen atoms in total. The molecule has 0 aliphatic carbocycles. The molecule has 0 bridgehead atoms. The van der Waals surface area contributed by atoms with Crippen molar-refractivity contribution in [3.05, 3.63) is 35.7 Å². The van der Waals surface area contributed by atoms with E-state index in [0.29, 0.717) is 11.1 Å². The van der Waals surface area contributed by atoms with Crippen LogP contribution in [-0.2, 0) is 0 Å². The Morgan fingerprint density at radius 2 is 2.00 bits per heavy atom. The van der Waals surface area contributed by atoms with Crippen LogP contribution in [0.4, 0.5) is 0 Å². The molecule has 0 aliphatic rings. The molecule has 96 valence electrons. The first-order valence-corrected chi connectivity index (χ1v) is 7.19. The van der Waals surface area contributed by atoms with Crippen molar-refractivity contribution in [3.8, 4) is 11.5 Å². The molecule has 0 N–H and O–H groups in total. The molecule has 2 aromatic heterocycles. The Balaban J connectivity index is 1.86. The van der Waals surface area contributed by atoms with Crippen LogP contribution in [-0.4, -0.2) is 19.6 Å². The number of aryl methyl sites for hydroxylation is 2. The van der Waals surface area contributed by atoms with E-state index in [2.05, 4.69) is 19.6 Å². The summed E-state index contributed by atoms with van der Waals surface area (Å²) >= 11 is 2.66. The summed E-state index contributed by atoms with van der Waals surface area (Å²) in [4.78, 5) is 4.25. The molecule has 0 fully saturated rings. The number of rotatable bonds is 3. The Bertz CT molecular complexity index is 707. The van der Waals surface area contributed by atoms with Gasteiger partial charge in [-0.25, -0.2) is 4.98 Å². The van der Waals surface area contributed by atoms with Crippen LogP contribution in [0, 0.1) is 13.8 Å². The highest BCUT2D eigenvalue weighted by Crippen LogP contribution is 2.30. The fourth-order valence-electron chi connectivity index (χ4n) is 1.57. The predicted molar refractivity (Wildman–Crippen MR) is 73.2 cm³/mol. The van der Waals surface area contributed by atoms with E-state index >= 15 is 0 Å². The Morgan fingerprint density at radius 3 is 2.74 bits per heavy atom. The Morgan fingerprint density at radius 1 is 1.16 bits per heavy atom. The van der Waals surface area contributed by atoms with Crippen molar-refractivity contribution in [2.75, 3.05) is 0 Å². The minimum absolute atomic E-state index is 0.481. The fraction of sp³-hybridized carbons (Fsp3) is 0.167. The van der Waals surface area contributed by atoms with Crippen molar-refractivity contribution >= 4 is 23.3 Å². The van der Waals surface area contributed by atoms with Crippen LogP contribution in [0.15, 0.2) is 38.2 Å². The molecule has 0 amide bonds. The van der Waals surface area contributed by atoms with Gasteiger partial charge in [-0.05, 0) is 37.0 Å². The average Bonchev–Trinajstić information content (AvgIpc) is 3.00. The highest BCUT2D eigenvalue weighted by Gasteiger charge is 2.13. The first-order valence-electron chi connectivity index (χ1n) is 5.60. The molecule has 0 atom stereocenters. The molecule has 1 aromatic carbocycles. The van der Waals surface area contributed by atoms with E-state index in [4.69, 9.17) is 4.42 Å². The summed E-state index contributed by atoms with van der Waals surface area (Å²) in [5.74, 6) is 1.29. The fourth-order valence-corrected chi connectivity index (χ4v) is 2.99. The zero-order valence-corrected chi connectivity index (χ0v) is 12.0. The van der Waals surface area contributed by atoms with E-state index in [1.54, 1.807) is 0 Å². The van der Waals surface area contributed by atoms with Crippen molar-refractivity contribution < 1.29 is 4.42 Å². The van der Waals surface area contributed by atoms with Gasteiger partial charge in [0.25, 0.3) is 5.22 Å². The van der Waals surface area contributed by atoms with Crippen LogP contribution >= 0.6 is 23.3 Å². The first-order chi connectivity index (χ1) is 9.22. The third-order valence-corrected chi connectivity index (χ3v) is 4.15. The SMILES string of the molecule is Cc1nsc(Sc2nnc(-c3ccccc3C)o2)n1. The van der Waals surface area contributed by atoms with Crippen LogP contribution in [0.25, 0.3) is 11.5 Å². The number of hydrogen-bond donors (Lipinski definition) is 0. The molecule has 0 aliphatic heterocycles. The Labute approximate surface area is 118 Å². The summed E-state index contributed by atoms with van der Waals surface area (Å²) in [6.45, 7) is 3.87. The zero-order chi connectivity index (χ0) is 13.2. The maximum absolute atomic E-state index is 5.64. The van der Waals surface area contributed by atoms with E-state index in [1.807, 2.05) is 38.1 Å². The van der Waals surface area contributed by atoms with Gasteiger partial charge in [0.15, 0.2) is 4.34 Å². The second kappa shape index (κ2) is 5.10. The second-order valence-electron chi connectivity index (χ2n) is 3.90. The van der Waals surface area contributed by atoms with Gasteiger partial charge in [-0.2, -0.15) is 4.37 Å². The standard InChI is InChI=1S/C12H10N4OS2/c1-7-5-3-4-6-9(7)10-14-15-11(17-10)18-12-13-8(2)16-19-12/h3-6H,1-2H3. The van der Waals surface area contributed by atoms with Gasteiger partial charge in [0.2, 0.25) is 5.89 Å². The van der Waals surface area contributed by atoms with Crippen LogP contribution < -0.4 is 0 Å². The van der Waals surface area contributed by atoms with E-state index in [0.717, 1.165) is 21.3 Å². The molecule has 0 saturated carbocycles. The van der Waals surface area contributed by atoms with Gasteiger partial charge in [-0.15, -0.1) is 10.2 Å². The molecule has 2 heterocycles. The summed E-state index contributed by atoms with van der Waals surface area (Å²) in [6, 6.07) is 7.91. The highest BCUT2D eigenvalue weighted by atomic mass is 32.2. The summed E-state index contributed by atoms with van der Waals surface area (Å²) in [5.41, 5.74) is 2.06. The van der Waals surface area contributed by atoms with Gasteiger partial charge in [-0.1, -0.05) is 18.2 Å². The van der Waals surface area contributed by atoms with Crippen molar-refractivity contribution in [1.29, 1.82) is 0 Å². The summed E-state index contributed by atoms with van der Waals surface area (Å²) < 4.78 is 10.6. The van der Waals surface area contributed by atoms with E-state index < -0.39 is 0 Å². The molecule has 0 saturated heterocycles. The van der Waals surface area contributed by atoms with Gasteiger partial charge >= 0.3 is 0 Å². The number of aromatic nitrogens is 4. The van der Waals surface area contributed by atoms with Crippen molar-refractivity contribution in [2.45, 2.75) is 23.4 Å². The molecule has 3 rings (SSSR count). The van der Waals surface area contributed by atoms with Crippen molar-refractivity contribution in [2.24, 2.45) is 0 Å². The Hall–Kier alpha value is -1.73. The normalized spacial score (nSPS) is 10.8. The molecule has 0 unspecified atom stereocenters. The van der Waals surface area contributed by atoms with Crippen LogP contribution in [0.1, 0.15) is 11.4 Å². The number of benzene rings is 1. The topological polar surface area (TPSA) is 64.7 Å². The summed E-state index contributed by atoms with van der Waals surface area (Å²) in [7, 11) is 0. The summed E-state index contributed by atoms with van der Waals surface area (Å²) in [5, 5.41) is 8.57. The minimum Gasteiger partial charge on any atom is -0.411 e. The maximum atomic E-state index is 5.64. The smallest absolute Gasteiger partial charge is 0.284 e. The molecule has 0 radical (unpaired) electrons. The predicted octanol–water partition coefficient (Wildman–Crippen LogP) is 3.36. The highest BCUT2D eigenvalue weighted by molar-refractivity contribution is 8.00. The summed E-state index contributed by atoms with van der Waals surface area (Å²) in [6.07, 6.45) is 0. The molecular weight excluding hydrogens is 280 g/mol. The van der Waals surface area contributed by atoms with E-state index in [1.165, 1.54) is 23.3 Å². The van der Waals surface area contributed by atoms with Gasteiger partial charge in [0.1, 0.15) is 5.82 Å². The monoisotopic (exact) mass is 290 g/mol. The van der Waals surface area contributed by atoms with Crippen LogP contribution in [0.2, 0.25) is 0 Å². The van der Waals surface area contributed by atoms with Gasteiger partial charge < -0.3 is 4.42 Å². The third-order valence-electron chi connectivity index (χ3n) is 2.47. The number of hydrogen-bond acceptors (Lipinski definition) is 7. The lowest BCUT2D eigenvalue weighted by molar-refractivity contribution is 0.465. The lowest BCUT2D eigenvalue weighted by atomic mass is 10.1. The zero-order valence-electron chi connectivity index (χ0n) is 10.3. The van der Waals surface area contributed by atoms with Gasteiger partial charge in [0, 0.05) is 17.3 Å². The maximum Gasteiger partial charge on any atom is 0.284 e. The van der Waals surface area contributed by atoms with Crippen molar-refractivity contribution in [3.63, 3.8) is 0 Å². The molecule has 0 spiro atoms. The largest absolute Gasteiger partial charge is 0.411 e. The van der Waals surface area contributed by atoms with E-state index in [9.17, 15) is 0 Å². The van der Waals surface area contributed by atoms with Gasteiger partial charge in [0.05, 0.1) is 0 Å². The first kappa shape index (κ1) is 12.3. The molecule has 19 heavy (non-hydrogen) atoms. The van der Waals surface area contributed by atoms with Crippen LogP contribution in [0.5, 0.6) is 0 Å². The van der Waals surface area contributed by atoms with Gasteiger partial charge in [-0.3, -0.25) is 0 Å². The van der Waals surface area contributed by atoms with E-state index in [-0.39, 0.29) is 0 Å². The third kappa shape index (κ3) is 2.66. The second-order valence-corrected chi connectivity index (χ2v) is 5.85. The average molecular weight is 290 g/mol. The van der Waals surface area contributed by atoms with Crippen LogP contribution in [0.3, 0.4) is 0 Å². The lowest BCUT2D eigenvalue weighted by Gasteiger charge is -1.98. The molecular formula is C12H10N4OS2. The lowest BCUT2D eigenvalue weighted by Crippen LogP contribution is -1.81. The van der Waals surface area contributed by atoms with Crippen molar-refractivity contribution in [1.82, 2.24) is 19.6 Å². The minimum atomic E-state index is 0.481. The Kier molecular flexibility index (Phi) is 3.31. The molecule has 3 aromatic rings. The molecule has 7 heteroatoms.